The summed E-state index contributed by atoms with van der Waals surface area (Å²) in [4.78, 5) is 46.5. The van der Waals surface area contributed by atoms with Crippen LogP contribution in [0.4, 0.5) is 0 Å². The lowest BCUT2D eigenvalue weighted by Crippen LogP contribution is -2.02. The summed E-state index contributed by atoms with van der Waals surface area (Å²) in [6.07, 6.45) is 0. The second-order valence-corrected chi connectivity index (χ2v) is 37.3. The van der Waals surface area contributed by atoms with Crippen LogP contribution in [0.5, 0.6) is 0 Å². The standard InChI is InChI=1S/3C43H25N7/c1-5-13-33-29(9-1)23-30-10-2-6-14-34(30)39(33)42-44-41(27-19-17-26(18-20-27)28-21-22-37-38(25-28)48-50-49-47-37)45-43(46-42)40-35-15-7-3-11-31(35)24-32-12-4-8-16-36(32)40;1-3-9-30-23-37-33(21-28(30)7-1)11-5-13-35(37)42-44-41(27-17-15-26(16-18-27)32-19-20-39-40(25-32)48-50-49-47-39)45-43(46-42)36-14-6-12-34-22-29-8-2-4-10-31(29)24-38(34)36;1-3-7-30-21-37-23-35(15-13-32(37)19-28(30)5-1)42-44-41(27-11-9-26(10-12-27)34-17-18-39-40(25-34)48-50-49-47-39)45-43(46-42)36-16-14-33-20-29-6-2-4-8-31(29)22-38(33)24-36/h3*1-25H. The highest BCUT2D eigenvalue weighted by Gasteiger charge is 2.25. The van der Waals surface area contributed by atoms with E-state index in [1.165, 1.54) is 53.9 Å². The van der Waals surface area contributed by atoms with E-state index in [4.69, 9.17) is 44.9 Å². The number of hydrogen-bond acceptors (Lipinski definition) is 21. The van der Waals surface area contributed by atoms with Crippen molar-refractivity contribution in [3.8, 4) is 136 Å². The zero-order valence-electron chi connectivity index (χ0n) is 79.7. The van der Waals surface area contributed by atoms with Gasteiger partial charge in [-0.05, 0) is 303 Å². The Labute approximate surface area is 854 Å². The lowest BCUT2D eigenvalue weighted by Gasteiger charge is -2.15. The van der Waals surface area contributed by atoms with Gasteiger partial charge in [0.2, 0.25) is 0 Å². The van der Waals surface area contributed by atoms with Gasteiger partial charge in [-0.25, -0.2) is 44.9 Å². The Kier molecular flexibility index (Phi) is 21.3. The van der Waals surface area contributed by atoms with Crippen molar-refractivity contribution < 1.29 is 0 Å². The lowest BCUT2D eigenvalue weighted by molar-refractivity contribution is 0.797. The van der Waals surface area contributed by atoms with E-state index in [1.807, 2.05) is 54.6 Å². The Hall–Kier alpha value is -21.0. The third-order valence-corrected chi connectivity index (χ3v) is 28.2. The molecule has 0 radical (unpaired) electrons. The highest BCUT2D eigenvalue weighted by atomic mass is 15.4. The normalized spacial score (nSPS) is 11.6. The van der Waals surface area contributed by atoms with Crippen molar-refractivity contribution in [1.29, 1.82) is 0 Å². The molecule has 6 heterocycles. The zero-order valence-corrected chi connectivity index (χ0v) is 79.7. The maximum atomic E-state index is 5.35. The van der Waals surface area contributed by atoms with E-state index in [1.54, 1.807) is 0 Å². The Balaban J connectivity index is 0.000000108. The molecule has 0 bridgehead atoms. The quantitative estimate of drug-likeness (QED) is 0.103. The molecule has 24 aromatic carbocycles. The minimum absolute atomic E-state index is 0.602. The van der Waals surface area contributed by atoms with Crippen molar-refractivity contribution in [3.63, 3.8) is 0 Å². The molecule has 0 aliphatic rings. The molecule has 0 N–H and O–H groups in total. The first-order valence-corrected chi connectivity index (χ1v) is 49.2. The number of fused-ring (bicyclic) bond motifs is 15. The fourth-order valence-electron chi connectivity index (χ4n) is 20.7. The summed E-state index contributed by atoms with van der Waals surface area (Å²) in [6.45, 7) is 0. The number of rotatable bonds is 12. The Morgan fingerprint density at radius 1 is 0.107 bits per heavy atom. The van der Waals surface area contributed by atoms with Crippen LogP contribution in [0.2, 0.25) is 0 Å². The predicted octanol–water partition coefficient (Wildman–Crippen LogP) is 29.7. The molecule has 30 rings (SSSR count). The summed E-state index contributed by atoms with van der Waals surface area (Å²) in [7, 11) is 0. The summed E-state index contributed by atoms with van der Waals surface area (Å²) in [5.41, 5.74) is 18.7. The van der Waals surface area contributed by atoms with Crippen LogP contribution in [-0.2, 0) is 0 Å². The second-order valence-electron chi connectivity index (χ2n) is 37.3. The van der Waals surface area contributed by atoms with Gasteiger partial charge in [0.25, 0.3) is 0 Å². The molecule has 21 heteroatoms. The highest BCUT2D eigenvalue weighted by Crippen LogP contribution is 2.44. The SMILES string of the molecule is c1ccc2c(-c3nc(-c4ccc(-c5ccc6nnnnc6c5)cc4)nc(-c4c5ccccc5cc5ccccc45)n3)c3ccccc3cc2c1.c1ccc2cc3c(-c4nc(-c5ccc(-c6ccc7nnnnc7c6)cc5)nc(-c5cccc6cc7ccccc7cc56)n4)cccc3cc2c1.c1ccc2cc3cc(-c4nc(-c5ccc(-c6ccc7nnnnc7c6)cc5)nc(-c5ccc6cc7ccccc7cc6c5)n4)ccc3cc2c1. The lowest BCUT2D eigenvalue weighted by atomic mass is 9.95. The molecule has 0 atom stereocenters. The van der Waals surface area contributed by atoms with Crippen LogP contribution in [0.25, 0.3) is 298 Å². The Bertz CT molecular complexity index is 10200. The molecule has 0 fully saturated rings. The zero-order chi connectivity index (χ0) is 99.1. The first-order chi connectivity index (χ1) is 74.2. The molecule has 30 aromatic rings. The van der Waals surface area contributed by atoms with Crippen molar-refractivity contribution in [1.82, 2.24) is 107 Å². The van der Waals surface area contributed by atoms with E-state index in [0.29, 0.717) is 85.5 Å². The van der Waals surface area contributed by atoms with E-state index < -0.39 is 0 Å². The van der Waals surface area contributed by atoms with Crippen LogP contribution in [0.15, 0.2) is 455 Å². The third-order valence-electron chi connectivity index (χ3n) is 28.2. The van der Waals surface area contributed by atoms with Gasteiger partial charge in [-0.15, -0.1) is 30.6 Å². The second kappa shape index (κ2) is 36.8. The summed E-state index contributed by atoms with van der Waals surface area (Å²) < 4.78 is 0. The number of aromatic nitrogens is 21. The van der Waals surface area contributed by atoms with Crippen LogP contribution in [0.1, 0.15) is 0 Å². The van der Waals surface area contributed by atoms with Gasteiger partial charge in [0.15, 0.2) is 52.4 Å². The van der Waals surface area contributed by atoms with E-state index in [2.05, 4.69) is 462 Å². The number of hydrogen-bond donors (Lipinski definition) is 0. The van der Waals surface area contributed by atoms with Gasteiger partial charge in [0.05, 0.1) is 0 Å². The van der Waals surface area contributed by atoms with E-state index in [-0.39, 0.29) is 0 Å². The van der Waals surface area contributed by atoms with Gasteiger partial charge in [-0.1, -0.05) is 346 Å². The summed E-state index contributed by atoms with van der Waals surface area (Å²) >= 11 is 0. The van der Waals surface area contributed by atoms with Gasteiger partial charge in [-0.2, -0.15) is 0 Å². The summed E-state index contributed by atoms with van der Waals surface area (Å²) in [5.74, 6) is 5.57. The summed E-state index contributed by atoms with van der Waals surface area (Å²) in [6, 6.07) is 158. The molecule has 150 heavy (non-hydrogen) atoms. The van der Waals surface area contributed by atoms with Gasteiger partial charge >= 0.3 is 0 Å². The molecule has 0 spiro atoms. The van der Waals surface area contributed by atoms with E-state index in [0.717, 1.165) is 159 Å². The van der Waals surface area contributed by atoms with Crippen LogP contribution < -0.4 is 0 Å². The van der Waals surface area contributed by atoms with Crippen molar-refractivity contribution in [2.45, 2.75) is 0 Å². The maximum Gasteiger partial charge on any atom is 0.165 e. The molecule has 6 aromatic heterocycles. The molecule has 0 unspecified atom stereocenters. The van der Waals surface area contributed by atoms with E-state index in [9.17, 15) is 0 Å². The van der Waals surface area contributed by atoms with Crippen molar-refractivity contribution in [3.05, 3.63) is 455 Å². The monoisotopic (exact) mass is 1920 g/mol. The molecule has 0 aliphatic carbocycles. The number of benzene rings is 24. The van der Waals surface area contributed by atoms with Gasteiger partial charge in [0, 0.05) is 50.1 Å². The van der Waals surface area contributed by atoms with E-state index >= 15 is 0 Å². The molecule has 696 valence electrons. The van der Waals surface area contributed by atoms with Crippen molar-refractivity contribution in [2.24, 2.45) is 0 Å². The molecule has 21 nitrogen and oxygen atoms in total. The number of nitrogens with zero attached hydrogens (tertiary/aromatic N) is 21. The molecule has 0 saturated heterocycles. The average Bonchev–Trinajstić information content (AvgIpc) is 0.746. The predicted molar refractivity (Wildman–Crippen MR) is 601 cm³/mol. The van der Waals surface area contributed by atoms with Crippen LogP contribution in [0.3, 0.4) is 0 Å². The Morgan fingerprint density at radius 2 is 0.313 bits per heavy atom. The van der Waals surface area contributed by atoms with Crippen LogP contribution in [0, 0.1) is 0 Å². The van der Waals surface area contributed by atoms with Gasteiger partial charge in [-0.3, -0.25) is 0 Å². The first kappa shape index (κ1) is 86.9. The minimum atomic E-state index is 0.602. The molecule has 0 amide bonds. The Morgan fingerprint density at radius 3 is 0.640 bits per heavy atom. The smallest absolute Gasteiger partial charge is 0.165 e. The minimum Gasteiger partial charge on any atom is -0.208 e. The van der Waals surface area contributed by atoms with Gasteiger partial charge in [0.1, 0.15) is 33.1 Å². The molecule has 0 saturated carbocycles. The topological polar surface area (TPSA) is 271 Å². The fourth-order valence-corrected chi connectivity index (χ4v) is 20.7. The largest absolute Gasteiger partial charge is 0.208 e. The van der Waals surface area contributed by atoms with Crippen molar-refractivity contribution >= 4 is 162 Å². The average molecular weight is 1920 g/mol. The molecular weight excluding hydrogens is 1840 g/mol. The van der Waals surface area contributed by atoms with Gasteiger partial charge < -0.3 is 0 Å². The molecule has 0 aliphatic heterocycles. The maximum absolute atomic E-state index is 5.35. The van der Waals surface area contributed by atoms with Crippen LogP contribution >= 0.6 is 0 Å². The first-order valence-electron chi connectivity index (χ1n) is 49.2. The van der Waals surface area contributed by atoms with Crippen LogP contribution in [-0.4, -0.2) is 107 Å². The fraction of sp³-hybridized carbons (Fsp3) is 0. The molecular formula is C129H75N21. The third kappa shape index (κ3) is 16.4. The van der Waals surface area contributed by atoms with Crippen molar-refractivity contribution in [2.75, 3.05) is 0 Å². The highest BCUT2D eigenvalue weighted by molar-refractivity contribution is 6.15. The summed E-state index contributed by atoms with van der Waals surface area (Å²) in [5, 5.41) is 74.2.